The second kappa shape index (κ2) is 6.35. The maximum absolute atomic E-state index is 11.8. The molecule has 0 fully saturated rings. The van der Waals surface area contributed by atoms with Crippen molar-refractivity contribution in [2.24, 2.45) is 11.1 Å². The van der Waals surface area contributed by atoms with Crippen LogP contribution in [0.1, 0.15) is 39.2 Å². The highest BCUT2D eigenvalue weighted by Crippen LogP contribution is 2.21. The highest BCUT2D eigenvalue weighted by molar-refractivity contribution is 5.91. The van der Waals surface area contributed by atoms with Crippen molar-refractivity contribution in [2.45, 2.75) is 39.7 Å². The Morgan fingerprint density at radius 1 is 1.47 bits per heavy atom. The molecule has 4 heteroatoms. The van der Waals surface area contributed by atoms with Gasteiger partial charge in [-0.05, 0) is 30.0 Å². The SMILES string of the molecule is CC(C)(C)CC(N)CC(=O)Nc1cccc(C#N)c1. The van der Waals surface area contributed by atoms with Crippen molar-refractivity contribution < 1.29 is 4.79 Å². The van der Waals surface area contributed by atoms with Crippen molar-refractivity contribution in [3.63, 3.8) is 0 Å². The molecule has 0 radical (unpaired) electrons. The summed E-state index contributed by atoms with van der Waals surface area (Å²) in [5, 5.41) is 11.5. The van der Waals surface area contributed by atoms with E-state index >= 15 is 0 Å². The van der Waals surface area contributed by atoms with Crippen LogP contribution in [0.25, 0.3) is 0 Å². The molecule has 0 aliphatic rings. The van der Waals surface area contributed by atoms with Crippen molar-refractivity contribution >= 4 is 11.6 Å². The first kappa shape index (κ1) is 15.2. The van der Waals surface area contributed by atoms with Gasteiger partial charge in [0.2, 0.25) is 5.91 Å². The van der Waals surface area contributed by atoms with E-state index in [1.54, 1.807) is 24.3 Å². The summed E-state index contributed by atoms with van der Waals surface area (Å²) in [6, 6.07) is 8.72. The molecule has 1 aromatic carbocycles. The van der Waals surface area contributed by atoms with Crippen molar-refractivity contribution in [3.05, 3.63) is 29.8 Å². The van der Waals surface area contributed by atoms with Crippen molar-refractivity contribution in [3.8, 4) is 6.07 Å². The van der Waals surface area contributed by atoms with Crippen LogP contribution >= 0.6 is 0 Å². The lowest BCUT2D eigenvalue weighted by Gasteiger charge is -2.22. The minimum Gasteiger partial charge on any atom is -0.327 e. The minimum atomic E-state index is -0.154. The normalized spacial score (nSPS) is 12.6. The largest absolute Gasteiger partial charge is 0.327 e. The fourth-order valence-electron chi connectivity index (χ4n) is 1.98. The van der Waals surface area contributed by atoms with Crippen LogP contribution in [-0.2, 0) is 4.79 Å². The molecule has 1 amide bonds. The van der Waals surface area contributed by atoms with Crippen molar-refractivity contribution in [1.82, 2.24) is 0 Å². The standard InChI is InChI=1S/C15H21N3O/c1-15(2,3)9-12(17)8-14(19)18-13-6-4-5-11(7-13)10-16/h4-7,12H,8-9,17H2,1-3H3,(H,18,19). The molecule has 1 aromatic rings. The van der Waals surface area contributed by atoms with E-state index in [1.807, 2.05) is 6.07 Å². The van der Waals surface area contributed by atoms with Gasteiger partial charge in [0, 0.05) is 18.2 Å². The number of hydrogen-bond donors (Lipinski definition) is 2. The summed E-state index contributed by atoms with van der Waals surface area (Å²) in [5.41, 5.74) is 7.23. The maximum Gasteiger partial charge on any atom is 0.225 e. The van der Waals surface area contributed by atoms with Gasteiger partial charge >= 0.3 is 0 Å². The molecule has 0 bridgehead atoms. The molecule has 1 rings (SSSR count). The zero-order valence-corrected chi connectivity index (χ0v) is 11.7. The van der Waals surface area contributed by atoms with E-state index in [9.17, 15) is 4.79 Å². The summed E-state index contributed by atoms with van der Waals surface area (Å²) in [6.45, 7) is 6.30. The molecule has 3 N–H and O–H groups in total. The number of rotatable bonds is 4. The molecule has 0 spiro atoms. The Kier molecular flexibility index (Phi) is 5.08. The number of benzene rings is 1. The monoisotopic (exact) mass is 259 g/mol. The summed E-state index contributed by atoms with van der Waals surface area (Å²) in [6.07, 6.45) is 1.08. The molecule has 1 atom stereocenters. The lowest BCUT2D eigenvalue weighted by Crippen LogP contribution is -2.31. The first-order valence-corrected chi connectivity index (χ1v) is 6.36. The third-order valence-electron chi connectivity index (χ3n) is 2.60. The third kappa shape index (κ3) is 6.03. The molecule has 102 valence electrons. The average Bonchev–Trinajstić information content (AvgIpc) is 2.26. The van der Waals surface area contributed by atoms with Crippen LogP contribution in [0.2, 0.25) is 0 Å². The Bertz CT molecular complexity index is 483. The fraction of sp³-hybridized carbons (Fsp3) is 0.467. The van der Waals surface area contributed by atoms with Crippen LogP contribution in [0.15, 0.2) is 24.3 Å². The molecule has 0 saturated carbocycles. The molecule has 0 aromatic heterocycles. The Labute approximate surface area is 114 Å². The van der Waals surface area contributed by atoms with Gasteiger partial charge in [-0.15, -0.1) is 0 Å². The number of amides is 1. The third-order valence-corrected chi connectivity index (χ3v) is 2.60. The van der Waals surface area contributed by atoms with Crippen LogP contribution in [0.3, 0.4) is 0 Å². The number of anilines is 1. The van der Waals surface area contributed by atoms with Gasteiger partial charge < -0.3 is 11.1 Å². The Balaban J connectivity index is 2.53. The molecule has 0 aliphatic heterocycles. The zero-order chi connectivity index (χ0) is 14.5. The highest BCUT2D eigenvalue weighted by atomic mass is 16.1. The summed E-state index contributed by atoms with van der Waals surface area (Å²) >= 11 is 0. The van der Waals surface area contributed by atoms with Gasteiger partial charge in [0.05, 0.1) is 11.6 Å². The minimum absolute atomic E-state index is 0.112. The molecule has 4 nitrogen and oxygen atoms in total. The van der Waals surface area contributed by atoms with Crippen molar-refractivity contribution in [2.75, 3.05) is 5.32 Å². The maximum atomic E-state index is 11.8. The number of nitriles is 1. The van der Waals surface area contributed by atoms with E-state index in [2.05, 4.69) is 26.1 Å². The molecular weight excluding hydrogens is 238 g/mol. The second-order valence-corrected chi connectivity index (χ2v) is 5.97. The van der Waals surface area contributed by atoms with Gasteiger partial charge in [-0.2, -0.15) is 5.26 Å². The van der Waals surface area contributed by atoms with Crippen LogP contribution in [0.5, 0.6) is 0 Å². The van der Waals surface area contributed by atoms with E-state index in [0.717, 1.165) is 6.42 Å². The van der Waals surface area contributed by atoms with Gasteiger partial charge in [-0.25, -0.2) is 0 Å². The van der Waals surface area contributed by atoms with Gasteiger partial charge in [0.1, 0.15) is 0 Å². The molecule has 19 heavy (non-hydrogen) atoms. The summed E-state index contributed by atoms with van der Waals surface area (Å²) in [7, 11) is 0. The number of nitrogens with two attached hydrogens (primary N) is 1. The molecule has 0 heterocycles. The Morgan fingerprint density at radius 2 is 2.16 bits per heavy atom. The predicted octanol–water partition coefficient (Wildman–Crippen LogP) is 2.65. The van der Waals surface area contributed by atoms with E-state index in [0.29, 0.717) is 11.3 Å². The van der Waals surface area contributed by atoms with Gasteiger partial charge in [0.25, 0.3) is 0 Å². The Morgan fingerprint density at radius 3 is 2.74 bits per heavy atom. The second-order valence-electron chi connectivity index (χ2n) is 5.97. The van der Waals surface area contributed by atoms with Crippen LogP contribution in [0.4, 0.5) is 5.69 Å². The topological polar surface area (TPSA) is 78.9 Å². The first-order valence-electron chi connectivity index (χ1n) is 6.36. The molecule has 1 unspecified atom stereocenters. The molecule has 0 aliphatic carbocycles. The smallest absolute Gasteiger partial charge is 0.225 e. The number of nitrogens with one attached hydrogen (secondary N) is 1. The summed E-state index contributed by atoms with van der Waals surface area (Å²) < 4.78 is 0. The molecule has 0 saturated heterocycles. The zero-order valence-electron chi connectivity index (χ0n) is 11.7. The van der Waals surface area contributed by atoms with Crippen LogP contribution in [0, 0.1) is 16.7 Å². The number of nitrogens with zero attached hydrogens (tertiary/aromatic N) is 1. The average molecular weight is 259 g/mol. The van der Waals surface area contributed by atoms with E-state index in [1.165, 1.54) is 0 Å². The van der Waals surface area contributed by atoms with Crippen LogP contribution in [-0.4, -0.2) is 11.9 Å². The number of carbonyl (C=O) groups excluding carboxylic acids is 1. The summed E-state index contributed by atoms with van der Waals surface area (Å²) in [5.74, 6) is -0.119. The van der Waals surface area contributed by atoms with Gasteiger partial charge in [-0.3, -0.25) is 4.79 Å². The molecular formula is C15H21N3O. The lowest BCUT2D eigenvalue weighted by atomic mass is 9.87. The van der Waals surface area contributed by atoms with E-state index < -0.39 is 0 Å². The number of carbonyl (C=O) groups is 1. The lowest BCUT2D eigenvalue weighted by molar-refractivity contribution is -0.116. The fourth-order valence-corrected chi connectivity index (χ4v) is 1.98. The summed E-state index contributed by atoms with van der Waals surface area (Å²) in [4.78, 5) is 11.8. The quantitative estimate of drug-likeness (QED) is 0.872. The van der Waals surface area contributed by atoms with E-state index in [4.69, 9.17) is 11.0 Å². The van der Waals surface area contributed by atoms with Crippen molar-refractivity contribution in [1.29, 1.82) is 5.26 Å². The highest BCUT2D eigenvalue weighted by Gasteiger charge is 2.18. The van der Waals surface area contributed by atoms with Gasteiger partial charge in [-0.1, -0.05) is 26.8 Å². The Hall–Kier alpha value is -1.86. The van der Waals surface area contributed by atoms with Crippen LogP contribution < -0.4 is 11.1 Å². The van der Waals surface area contributed by atoms with Gasteiger partial charge in [0.15, 0.2) is 0 Å². The first-order chi connectivity index (χ1) is 8.80. The predicted molar refractivity (Wildman–Crippen MR) is 76.5 cm³/mol. The number of hydrogen-bond acceptors (Lipinski definition) is 3. The van der Waals surface area contributed by atoms with E-state index in [-0.39, 0.29) is 23.8 Å².